The molecule has 2 aromatic rings. The first kappa shape index (κ1) is 21.0. The van der Waals surface area contributed by atoms with Gasteiger partial charge in [0, 0.05) is 24.4 Å². The van der Waals surface area contributed by atoms with Crippen LogP contribution in [0.5, 0.6) is 0 Å². The van der Waals surface area contributed by atoms with Crippen molar-refractivity contribution in [3.05, 3.63) is 70.3 Å². The number of hydrogen-bond donors (Lipinski definition) is 0. The van der Waals surface area contributed by atoms with Crippen molar-refractivity contribution in [2.24, 2.45) is 10.2 Å². The van der Waals surface area contributed by atoms with Crippen LogP contribution in [-0.2, 0) is 9.53 Å². The highest BCUT2D eigenvalue weighted by molar-refractivity contribution is 6.32. The van der Waals surface area contributed by atoms with E-state index < -0.39 is 10.9 Å². The molecule has 0 aliphatic carbocycles. The van der Waals surface area contributed by atoms with Gasteiger partial charge in [0.25, 0.3) is 5.69 Å². The average molecular weight is 403 g/mol. The molecule has 9 heteroatoms. The number of rotatable bonds is 9. The molecule has 0 heterocycles. The van der Waals surface area contributed by atoms with Crippen molar-refractivity contribution in [2.75, 3.05) is 24.6 Å². The second-order valence-corrected chi connectivity index (χ2v) is 5.97. The molecule has 0 N–H and O–H groups in total. The lowest BCUT2D eigenvalue weighted by molar-refractivity contribution is -0.384. The zero-order valence-electron chi connectivity index (χ0n) is 15.2. The van der Waals surface area contributed by atoms with Crippen molar-refractivity contribution in [1.29, 1.82) is 0 Å². The largest absolute Gasteiger partial charge is 0.461 e. The summed E-state index contributed by atoms with van der Waals surface area (Å²) in [5, 5.41) is 18.9. The average Bonchev–Trinajstić information content (AvgIpc) is 2.69. The van der Waals surface area contributed by atoms with Crippen molar-refractivity contribution in [3.63, 3.8) is 0 Å². The number of azo groups is 1. The molecule has 8 nitrogen and oxygen atoms in total. The molecule has 0 aliphatic heterocycles. The van der Waals surface area contributed by atoms with Crippen molar-refractivity contribution in [2.45, 2.75) is 6.92 Å². The molecule has 0 radical (unpaired) electrons. The first-order valence-electron chi connectivity index (χ1n) is 8.44. The maximum Gasteiger partial charge on any atom is 0.330 e. The van der Waals surface area contributed by atoms with Crippen LogP contribution in [-0.4, -0.2) is 30.6 Å². The molecule has 146 valence electrons. The number of likely N-dealkylation sites (N-methyl/N-ethyl adjacent to an activating group) is 1. The first-order chi connectivity index (χ1) is 13.4. The van der Waals surface area contributed by atoms with E-state index in [-0.39, 0.29) is 17.3 Å². The molecule has 0 atom stereocenters. The predicted molar refractivity (Wildman–Crippen MR) is 108 cm³/mol. The zero-order valence-corrected chi connectivity index (χ0v) is 16.0. The molecule has 0 aromatic heterocycles. The third kappa shape index (κ3) is 5.88. The molecule has 28 heavy (non-hydrogen) atoms. The van der Waals surface area contributed by atoms with Gasteiger partial charge in [0.15, 0.2) is 0 Å². The van der Waals surface area contributed by atoms with Crippen LogP contribution in [0.2, 0.25) is 5.02 Å². The number of halogens is 1. The van der Waals surface area contributed by atoms with E-state index in [1.165, 1.54) is 18.2 Å². The topological polar surface area (TPSA) is 97.4 Å². The molecule has 2 aromatic carbocycles. The van der Waals surface area contributed by atoms with Crippen molar-refractivity contribution in [1.82, 2.24) is 0 Å². The van der Waals surface area contributed by atoms with E-state index in [0.717, 1.165) is 18.3 Å². The Morgan fingerprint density at radius 2 is 1.89 bits per heavy atom. The Morgan fingerprint density at radius 1 is 1.25 bits per heavy atom. The fourth-order valence-electron chi connectivity index (χ4n) is 2.34. The van der Waals surface area contributed by atoms with Crippen LogP contribution in [0.15, 0.2) is 65.3 Å². The number of carbonyl (C=O) groups is 1. The summed E-state index contributed by atoms with van der Waals surface area (Å²) in [4.78, 5) is 23.4. The Hall–Kier alpha value is -3.26. The second-order valence-electron chi connectivity index (χ2n) is 5.56. The Morgan fingerprint density at radius 3 is 2.46 bits per heavy atom. The Labute approximate surface area is 167 Å². The molecule has 0 unspecified atom stereocenters. The van der Waals surface area contributed by atoms with E-state index in [1.807, 2.05) is 24.0 Å². The fourth-order valence-corrected chi connectivity index (χ4v) is 2.58. The van der Waals surface area contributed by atoms with Crippen LogP contribution in [0.3, 0.4) is 0 Å². The number of hydrogen-bond acceptors (Lipinski definition) is 7. The SMILES string of the molecule is C=CC(=O)OCCN(CC)c1ccc(/N=N/c2ccc([N+](=O)[O-])c(Cl)c2)cc1. The van der Waals surface area contributed by atoms with Gasteiger partial charge in [-0.3, -0.25) is 10.1 Å². The van der Waals surface area contributed by atoms with Gasteiger partial charge in [0.05, 0.1) is 22.8 Å². The van der Waals surface area contributed by atoms with E-state index >= 15 is 0 Å². The monoisotopic (exact) mass is 402 g/mol. The lowest BCUT2D eigenvalue weighted by Gasteiger charge is -2.22. The molecule has 2 rings (SSSR count). The number of ether oxygens (including phenoxy) is 1. The van der Waals surface area contributed by atoms with Gasteiger partial charge in [-0.1, -0.05) is 18.2 Å². The first-order valence-corrected chi connectivity index (χ1v) is 8.82. The summed E-state index contributed by atoms with van der Waals surface area (Å²) in [6, 6.07) is 11.5. The number of nitro groups is 1. The van der Waals surface area contributed by atoms with Crippen LogP contribution in [0.4, 0.5) is 22.7 Å². The maximum atomic E-state index is 11.1. The summed E-state index contributed by atoms with van der Waals surface area (Å²) in [7, 11) is 0. The molecule has 0 bridgehead atoms. The van der Waals surface area contributed by atoms with Crippen LogP contribution >= 0.6 is 11.6 Å². The number of nitro benzene ring substituents is 1. The van der Waals surface area contributed by atoms with Gasteiger partial charge in [-0.05, 0) is 43.3 Å². The third-order valence-corrected chi connectivity index (χ3v) is 4.08. The smallest absolute Gasteiger partial charge is 0.330 e. The van der Waals surface area contributed by atoms with E-state index in [0.29, 0.717) is 17.9 Å². The highest BCUT2D eigenvalue weighted by Crippen LogP contribution is 2.29. The van der Waals surface area contributed by atoms with Gasteiger partial charge in [-0.2, -0.15) is 10.2 Å². The molecule has 0 saturated carbocycles. The fraction of sp³-hybridized carbons (Fsp3) is 0.211. The lowest BCUT2D eigenvalue weighted by Crippen LogP contribution is -2.27. The highest BCUT2D eigenvalue weighted by atomic mass is 35.5. The van der Waals surface area contributed by atoms with E-state index in [1.54, 1.807) is 12.1 Å². The Bertz CT molecular complexity index is 884. The molecule has 0 amide bonds. The van der Waals surface area contributed by atoms with Crippen molar-refractivity contribution < 1.29 is 14.5 Å². The van der Waals surface area contributed by atoms with Crippen molar-refractivity contribution >= 4 is 40.3 Å². The summed E-state index contributed by atoms with van der Waals surface area (Å²) in [5.41, 5.74) is 1.81. The maximum absolute atomic E-state index is 11.1. The summed E-state index contributed by atoms with van der Waals surface area (Å²) in [5.74, 6) is -0.446. The predicted octanol–water partition coefficient (Wildman–Crippen LogP) is 5.22. The second kappa shape index (κ2) is 10.2. The van der Waals surface area contributed by atoms with Gasteiger partial charge >= 0.3 is 5.97 Å². The van der Waals surface area contributed by atoms with Crippen LogP contribution < -0.4 is 4.90 Å². The minimum absolute atomic E-state index is 0.00698. The number of benzene rings is 2. The normalized spacial score (nSPS) is 10.6. The van der Waals surface area contributed by atoms with Gasteiger partial charge in [0.2, 0.25) is 0 Å². The highest BCUT2D eigenvalue weighted by Gasteiger charge is 2.11. The number of esters is 1. The van der Waals surface area contributed by atoms with Crippen LogP contribution in [0.1, 0.15) is 6.92 Å². The zero-order chi connectivity index (χ0) is 20.5. The molecule has 0 aliphatic rings. The number of anilines is 1. The summed E-state index contributed by atoms with van der Waals surface area (Å²) < 4.78 is 5.00. The number of carbonyl (C=O) groups excluding carboxylic acids is 1. The van der Waals surface area contributed by atoms with Gasteiger partial charge < -0.3 is 9.64 Å². The molecular weight excluding hydrogens is 384 g/mol. The van der Waals surface area contributed by atoms with Crippen LogP contribution in [0.25, 0.3) is 0 Å². The minimum atomic E-state index is -0.556. The summed E-state index contributed by atoms with van der Waals surface area (Å²) >= 11 is 5.86. The Balaban J connectivity index is 2.02. The quantitative estimate of drug-likeness (QED) is 0.188. The van der Waals surface area contributed by atoms with Crippen molar-refractivity contribution in [3.8, 4) is 0 Å². The van der Waals surface area contributed by atoms with E-state index in [4.69, 9.17) is 16.3 Å². The number of nitrogens with zero attached hydrogens (tertiary/aromatic N) is 4. The van der Waals surface area contributed by atoms with Crippen LogP contribution in [0, 0.1) is 10.1 Å². The molecular formula is C19H19ClN4O4. The van der Waals surface area contributed by atoms with Gasteiger partial charge in [-0.15, -0.1) is 0 Å². The summed E-state index contributed by atoms with van der Waals surface area (Å²) in [6.45, 7) is 6.92. The summed E-state index contributed by atoms with van der Waals surface area (Å²) in [6.07, 6.45) is 1.13. The minimum Gasteiger partial charge on any atom is -0.461 e. The third-order valence-electron chi connectivity index (χ3n) is 3.78. The Kier molecular flexibility index (Phi) is 7.65. The van der Waals surface area contributed by atoms with Gasteiger partial charge in [-0.25, -0.2) is 4.79 Å². The molecule has 0 saturated heterocycles. The molecule has 0 fully saturated rings. The van der Waals surface area contributed by atoms with E-state index in [9.17, 15) is 14.9 Å². The van der Waals surface area contributed by atoms with E-state index in [2.05, 4.69) is 16.8 Å². The lowest BCUT2D eigenvalue weighted by atomic mass is 10.2. The standard InChI is InChI=1S/C19H19ClN4O4/c1-3-19(25)28-12-11-23(4-2)16-8-5-14(6-9-16)21-22-15-7-10-18(24(26)27)17(20)13-15/h3,5-10,13H,1,4,11-12H2,2H3/b22-21+. The molecule has 0 spiro atoms. The van der Waals surface area contributed by atoms with Gasteiger partial charge in [0.1, 0.15) is 11.6 Å².